The molecule has 0 unspecified atom stereocenters. The van der Waals surface area contributed by atoms with Gasteiger partial charge in [-0.05, 0) is 0 Å². The molecule has 6 N–H and O–H groups in total. The van der Waals surface area contributed by atoms with Crippen molar-refractivity contribution in [2.45, 2.75) is 24.9 Å². The van der Waals surface area contributed by atoms with Crippen LogP contribution in [-0.2, 0) is 24.0 Å². The first kappa shape index (κ1) is 18.3. The summed E-state index contributed by atoms with van der Waals surface area (Å²) in [7, 11) is 0. The molecule has 0 spiro atoms. The van der Waals surface area contributed by atoms with Crippen LogP contribution in [0.25, 0.3) is 0 Å². The van der Waals surface area contributed by atoms with Gasteiger partial charge in [0.1, 0.15) is 12.1 Å². The Hall–Kier alpha value is -2.69. The normalized spacial score (nSPS) is 13.0. The quantitative estimate of drug-likeness (QED) is 0.252. The van der Waals surface area contributed by atoms with E-state index >= 15 is 0 Å². The Balaban J connectivity index is 4.46. The van der Waals surface area contributed by atoms with E-state index in [4.69, 9.17) is 20.4 Å². The Morgan fingerprint density at radius 2 is 1.19 bits per heavy atom. The van der Waals surface area contributed by atoms with Crippen molar-refractivity contribution in [3.8, 4) is 0 Å². The molecule has 0 saturated heterocycles. The molecule has 0 aliphatic heterocycles. The van der Waals surface area contributed by atoms with Gasteiger partial charge in [-0.1, -0.05) is 0 Å². The van der Waals surface area contributed by atoms with Crippen LogP contribution in [0.5, 0.6) is 0 Å². The minimum absolute atomic E-state index is 0.673. The molecule has 0 saturated carbocycles. The SMILES string of the molecule is O=C(O)C[C@H](NC(=O)CN[C@H](CC(=O)O)C(=O)O)C(=O)O. The van der Waals surface area contributed by atoms with E-state index in [0.29, 0.717) is 0 Å². The fourth-order valence-corrected chi connectivity index (χ4v) is 1.26. The molecule has 0 fully saturated rings. The van der Waals surface area contributed by atoms with Gasteiger partial charge in [-0.3, -0.25) is 24.5 Å². The topological polar surface area (TPSA) is 190 Å². The predicted octanol–water partition coefficient (Wildman–Crippen LogP) is -2.45. The number of carbonyl (C=O) groups excluding carboxylic acids is 1. The van der Waals surface area contributed by atoms with Crippen molar-refractivity contribution in [3.05, 3.63) is 0 Å². The highest BCUT2D eigenvalue weighted by atomic mass is 16.4. The summed E-state index contributed by atoms with van der Waals surface area (Å²) < 4.78 is 0. The Morgan fingerprint density at radius 1 is 0.762 bits per heavy atom. The van der Waals surface area contributed by atoms with E-state index in [-0.39, 0.29) is 0 Å². The lowest BCUT2D eigenvalue weighted by atomic mass is 10.2. The first-order chi connectivity index (χ1) is 9.63. The van der Waals surface area contributed by atoms with Gasteiger partial charge in [-0.2, -0.15) is 0 Å². The second-order valence-corrected chi connectivity index (χ2v) is 3.93. The van der Waals surface area contributed by atoms with Crippen LogP contribution in [-0.4, -0.2) is 68.8 Å². The molecule has 0 aromatic carbocycles. The number of carboxylic acids is 4. The molecule has 0 aromatic rings. The Kier molecular flexibility index (Phi) is 7.39. The zero-order chi connectivity index (χ0) is 16.6. The van der Waals surface area contributed by atoms with Crippen LogP contribution in [0.15, 0.2) is 0 Å². The number of carbonyl (C=O) groups is 5. The molecule has 0 radical (unpaired) electrons. The number of carboxylic acid groups (broad SMARTS) is 4. The van der Waals surface area contributed by atoms with Crippen molar-refractivity contribution in [2.75, 3.05) is 6.54 Å². The Morgan fingerprint density at radius 3 is 1.57 bits per heavy atom. The maximum Gasteiger partial charge on any atom is 0.326 e. The average Bonchev–Trinajstić information content (AvgIpc) is 2.32. The van der Waals surface area contributed by atoms with Crippen LogP contribution in [0, 0.1) is 0 Å². The number of hydrogen-bond acceptors (Lipinski definition) is 6. The van der Waals surface area contributed by atoms with Gasteiger partial charge < -0.3 is 25.7 Å². The number of amides is 1. The van der Waals surface area contributed by atoms with Gasteiger partial charge in [-0.15, -0.1) is 0 Å². The second kappa shape index (κ2) is 8.47. The van der Waals surface area contributed by atoms with E-state index < -0.39 is 61.3 Å². The van der Waals surface area contributed by atoms with Crippen molar-refractivity contribution in [1.29, 1.82) is 0 Å². The standard InChI is InChI=1S/C10H14N2O9/c13-6(12-5(10(20)21)2-8(16)17)3-11-4(9(18)19)1-7(14)15/h4-5,11H,1-3H2,(H,12,13)(H,14,15)(H,16,17)(H,18,19)(H,20,21)/t4-,5+/m1/s1. The molecule has 0 aliphatic carbocycles. The van der Waals surface area contributed by atoms with Crippen molar-refractivity contribution >= 4 is 29.8 Å². The zero-order valence-electron chi connectivity index (χ0n) is 10.6. The van der Waals surface area contributed by atoms with Gasteiger partial charge in [0.25, 0.3) is 0 Å². The molecule has 1 amide bonds. The lowest BCUT2D eigenvalue weighted by Crippen LogP contribution is -2.48. The van der Waals surface area contributed by atoms with Crippen LogP contribution in [0.4, 0.5) is 0 Å². The number of hydrogen-bond donors (Lipinski definition) is 6. The van der Waals surface area contributed by atoms with Crippen molar-refractivity contribution < 1.29 is 44.4 Å². The van der Waals surface area contributed by atoms with Gasteiger partial charge >= 0.3 is 23.9 Å². The summed E-state index contributed by atoms with van der Waals surface area (Å²) in [5.74, 6) is -6.87. The minimum atomic E-state index is -1.67. The summed E-state index contributed by atoms with van der Waals surface area (Å²) in [5, 5.41) is 38.3. The predicted molar refractivity (Wildman–Crippen MR) is 63.5 cm³/mol. The second-order valence-electron chi connectivity index (χ2n) is 3.93. The molecule has 21 heavy (non-hydrogen) atoms. The summed E-state index contributed by atoms with van der Waals surface area (Å²) >= 11 is 0. The first-order valence-electron chi connectivity index (χ1n) is 5.55. The largest absolute Gasteiger partial charge is 0.481 e. The highest BCUT2D eigenvalue weighted by Crippen LogP contribution is 1.94. The third-order valence-corrected chi connectivity index (χ3v) is 2.20. The maximum atomic E-state index is 11.4. The van der Waals surface area contributed by atoms with Gasteiger partial charge in [0, 0.05) is 0 Å². The smallest absolute Gasteiger partial charge is 0.326 e. The van der Waals surface area contributed by atoms with E-state index in [1.54, 1.807) is 0 Å². The van der Waals surface area contributed by atoms with Gasteiger partial charge in [0.05, 0.1) is 19.4 Å². The lowest BCUT2D eigenvalue weighted by molar-refractivity contribution is -0.147. The molecule has 0 aromatic heterocycles. The molecule has 0 rings (SSSR count). The summed E-state index contributed by atoms with van der Waals surface area (Å²) in [5.41, 5.74) is 0. The summed E-state index contributed by atoms with van der Waals surface area (Å²) in [6.45, 7) is -0.673. The van der Waals surface area contributed by atoms with E-state index in [2.05, 4.69) is 5.32 Å². The van der Waals surface area contributed by atoms with E-state index in [9.17, 15) is 24.0 Å². The summed E-state index contributed by atoms with van der Waals surface area (Å²) in [6.07, 6.45) is -1.63. The van der Waals surface area contributed by atoms with Gasteiger partial charge in [0.15, 0.2) is 0 Å². The summed E-state index contributed by atoms with van der Waals surface area (Å²) in [6, 6.07) is -3.20. The maximum absolute atomic E-state index is 11.4. The molecular formula is C10H14N2O9. The van der Waals surface area contributed by atoms with Crippen molar-refractivity contribution in [1.82, 2.24) is 10.6 Å². The fraction of sp³-hybridized carbons (Fsp3) is 0.500. The molecule has 2 atom stereocenters. The molecule has 11 nitrogen and oxygen atoms in total. The fourth-order valence-electron chi connectivity index (χ4n) is 1.26. The molecule has 0 heterocycles. The van der Waals surface area contributed by atoms with Crippen LogP contribution in [0.3, 0.4) is 0 Å². The van der Waals surface area contributed by atoms with Gasteiger partial charge in [-0.25, -0.2) is 4.79 Å². The van der Waals surface area contributed by atoms with Crippen LogP contribution >= 0.6 is 0 Å². The van der Waals surface area contributed by atoms with Crippen LogP contribution in [0.2, 0.25) is 0 Å². The minimum Gasteiger partial charge on any atom is -0.481 e. The molecule has 11 heteroatoms. The van der Waals surface area contributed by atoms with Crippen molar-refractivity contribution in [3.63, 3.8) is 0 Å². The average molecular weight is 306 g/mol. The third-order valence-electron chi connectivity index (χ3n) is 2.20. The monoisotopic (exact) mass is 306 g/mol. The van der Waals surface area contributed by atoms with Crippen molar-refractivity contribution in [2.24, 2.45) is 0 Å². The van der Waals surface area contributed by atoms with Crippen LogP contribution in [0.1, 0.15) is 12.8 Å². The van der Waals surface area contributed by atoms with E-state index in [0.717, 1.165) is 0 Å². The number of nitrogens with one attached hydrogen (secondary N) is 2. The Labute approximate surface area is 117 Å². The molecule has 118 valence electrons. The lowest BCUT2D eigenvalue weighted by Gasteiger charge is -2.15. The highest BCUT2D eigenvalue weighted by molar-refractivity contribution is 5.88. The highest BCUT2D eigenvalue weighted by Gasteiger charge is 2.25. The molecule has 0 bridgehead atoms. The number of rotatable bonds is 10. The van der Waals surface area contributed by atoms with E-state index in [1.165, 1.54) is 0 Å². The van der Waals surface area contributed by atoms with Gasteiger partial charge in [0.2, 0.25) is 5.91 Å². The molecular weight excluding hydrogens is 292 g/mol. The molecule has 0 aliphatic rings. The first-order valence-corrected chi connectivity index (χ1v) is 5.55. The third kappa shape index (κ3) is 8.15. The van der Waals surface area contributed by atoms with E-state index in [1.807, 2.05) is 5.32 Å². The zero-order valence-corrected chi connectivity index (χ0v) is 10.6. The number of aliphatic carboxylic acids is 4. The Bertz CT molecular complexity index is 448. The van der Waals surface area contributed by atoms with Crippen LogP contribution < -0.4 is 10.6 Å². The summed E-state index contributed by atoms with van der Waals surface area (Å²) in [4.78, 5) is 53.6.